The maximum absolute atomic E-state index is 13.1. The van der Waals surface area contributed by atoms with Crippen LogP contribution >= 0.6 is 22.6 Å². The average Bonchev–Trinajstić information content (AvgIpc) is 3.20. The molecule has 0 saturated heterocycles. The Morgan fingerprint density at radius 2 is 1.94 bits per heavy atom. The molecule has 158 valence electrons. The summed E-state index contributed by atoms with van der Waals surface area (Å²) in [5.41, 5.74) is 10.4. The molecule has 5 rings (SSSR count). The minimum atomic E-state index is -0.629. The molecule has 1 aliphatic rings. The lowest BCUT2D eigenvalue weighted by atomic mass is 9.76. The van der Waals surface area contributed by atoms with Crippen LogP contribution in [0, 0.1) is 5.92 Å². The molecule has 31 heavy (non-hydrogen) atoms. The van der Waals surface area contributed by atoms with Crippen LogP contribution in [0.15, 0.2) is 60.8 Å². The molecule has 1 aromatic carbocycles. The minimum absolute atomic E-state index is 0.198. The van der Waals surface area contributed by atoms with E-state index in [2.05, 4.69) is 32.7 Å². The lowest BCUT2D eigenvalue weighted by Gasteiger charge is -2.41. The van der Waals surface area contributed by atoms with E-state index in [1.165, 1.54) is 0 Å². The zero-order valence-electron chi connectivity index (χ0n) is 16.6. The molecule has 1 aliphatic carbocycles. The number of aromatic nitrogens is 4. The van der Waals surface area contributed by atoms with Gasteiger partial charge in [-0.1, -0.05) is 46.9 Å². The van der Waals surface area contributed by atoms with Gasteiger partial charge in [-0.05, 0) is 49.1 Å². The summed E-state index contributed by atoms with van der Waals surface area (Å²) < 4.78 is 14.1. The lowest BCUT2D eigenvalue weighted by Crippen LogP contribution is -2.47. The van der Waals surface area contributed by atoms with E-state index in [-0.39, 0.29) is 12.0 Å². The van der Waals surface area contributed by atoms with Gasteiger partial charge in [0.15, 0.2) is 5.82 Å². The molecule has 0 radical (unpaired) electrons. The number of nitrogens with two attached hydrogens (primary N) is 1. The van der Waals surface area contributed by atoms with Crippen molar-refractivity contribution in [1.82, 2.24) is 19.7 Å². The van der Waals surface area contributed by atoms with E-state index in [1.54, 1.807) is 23.0 Å². The maximum atomic E-state index is 13.1. The maximum Gasteiger partial charge on any atom is 0.154 e. The molecule has 0 bridgehead atoms. The standard InChI is InChI=1S/C23H21FIN5O/c24-12-17-3-1-6-22(28-17)30-20-9-14(7-8-15(20)13-27-30)19-4-2-5-21(29-19)23(25,26)16-10-18(31)11-16/h1-9,13,16,18,31H,10-12,26H2. The molecule has 4 aromatic rings. The number of halogens is 2. The van der Waals surface area contributed by atoms with Gasteiger partial charge in [-0.15, -0.1) is 0 Å². The summed E-state index contributed by atoms with van der Waals surface area (Å²) in [6.07, 6.45) is 2.89. The fourth-order valence-corrected chi connectivity index (χ4v) is 4.78. The van der Waals surface area contributed by atoms with Crippen molar-refractivity contribution in [3.05, 3.63) is 72.2 Å². The highest BCUT2D eigenvalue weighted by molar-refractivity contribution is 14.1. The highest BCUT2D eigenvalue weighted by Crippen LogP contribution is 2.45. The second-order valence-corrected chi connectivity index (χ2v) is 9.73. The third-order valence-electron chi connectivity index (χ3n) is 5.86. The van der Waals surface area contributed by atoms with Crippen LogP contribution in [-0.4, -0.2) is 31.0 Å². The Hall–Kier alpha value is -2.43. The fraction of sp³-hybridized carbons (Fsp3) is 0.261. The molecular formula is C23H21FIN5O. The summed E-state index contributed by atoms with van der Waals surface area (Å²) in [5.74, 6) is 0.768. The molecule has 0 spiro atoms. The Labute approximate surface area is 192 Å². The first-order valence-electron chi connectivity index (χ1n) is 10.1. The number of hydrogen-bond acceptors (Lipinski definition) is 5. The molecule has 1 saturated carbocycles. The molecule has 8 heteroatoms. The third kappa shape index (κ3) is 3.72. The van der Waals surface area contributed by atoms with E-state index < -0.39 is 10.2 Å². The van der Waals surface area contributed by atoms with Crippen LogP contribution < -0.4 is 5.73 Å². The first-order valence-corrected chi connectivity index (χ1v) is 11.2. The van der Waals surface area contributed by atoms with E-state index in [4.69, 9.17) is 10.7 Å². The molecule has 3 heterocycles. The number of benzene rings is 1. The van der Waals surface area contributed by atoms with Crippen LogP contribution in [0.25, 0.3) is 28.0 Å². The summed E-state index contributed by atoms with van der Waals surface area (Å²) in [6, 6.07) is 17.1. The van der Waals surface area contributed by atoms with E-state index in [0.717, 1.165) is 27.9 Å². The first-order chi connectivity index (χ1) is 15.0. The lowest BCUT2D eigenvalue weighted by molar-refractivity contribution is 0.0266. The quantitative estimate of drug-likeness (QED) is 0.229. The van der Waals surface area contributed by atoms with Crippen molar-refractivity contribution in [2.24, 2.45) is 11.7 Å². The van der Waals surface area contributed by atoms with Crippen LogP contribution in [0.5, 0.6) is 0 Å². The number of aliphatic hydroxyl groups is 1. The van der Waals surface area contributed by atoms with Crippen LogP contribution in [-0.2, 0) is 10.2 Å². The van der Waals surface area contributed by atoms with Crippen molar-refractivity contribution in [3.63, 3.8) is 0 Å². The van der Waals surface area contributed by atoms with Crippen molar-refractivity contribution in [2.75, 3.05) is 0 Å². The topological polar surface area (TPSA) is 89.9 Å². The second-order valence-electron chi connectivity index (χ2n) is 7.95. The van der Waals surface area contributed by atoms with Crippen LogP contribution in [0.4, 0.5) is 4.39 Å². The van der Waals surface area contributed by atoms with Gasteiger partial charge in [0.05, 0.1) is 34.9 Å². The van der Waals surface area contributed by atoms with Gasteiger partial charge in [-0.25, -0.2) is 19.0 Å². The number of rotatable bonds is 5. The Balaban J connectivity index is 1.54. The van der Waals surface area contributed by atoms with Gasteiger partial charge in [-0.2, -0.15) is 5.10 Å². The van der Waals surface area contributed by atoms with E-state index >= 15 is 0 Å². The number of pyridine rings is 2. The van der Waals surface area contributed by atoms with Gasteiger partial charge in [-0.3, -0.25) is 0 Å². The molecule has 0 aliphatic heterocycles. The van der Waals surface area contributed by atoms with Crippen molar-refractivity contribution >= 4 is 33.5 Å². The van der Waals surface area contributed by atoms with Gasteiger partial charge < -0.3 is 10.8 Å². The van der Waals surface area contributed by atoms with Gasteiger partial charge >= 0.3 is 0 Å². The molecule has 6 nitrogen and oxygen atoms in total. The van der Waals surface area contributed by atoms with E-state index in [9.17, 15) is 9.50 Å². The molecule has 1 fully saturated rings. The number of fused-ring (bicyclic) bond motifs is 1. The summed E-state index contributed by atoms with van der Waals surface area (Å²) in [6.45, 7) is -0.621. The van der Waals surface area contributed by atoms with Crippen molar-refractivity contribution in [1.29, 1.82) is 0 Å². The molecule has 1 unspecified atom stereocenters. The zero-order chi connectivity index (χ0) is 21.6. The number of aliphatic hydroxyl groups excluding tert-OH is 1. The minimum Gasteiger partial charge on any atom is -0.393 e. The predicted octanol–water partition coefficient (Wildman–Crippen LogP) is 4.27. The Bertz CT molecular complexity index is 1250. The highest BCUT2D eigenvalue weighted by atomic mass is 127. The van der Waals surface area contributed by atoms with Gasteiger partial charge in [0, 0.05) is 10.9 Å². The van der Waals surface area contributed by atoms with Gasteiger partial charge in [0.25, 0.3) is 0 Å². The Kier molecular flexibility index (Phi) is 5.23. The summed E-state index contributed by atoms with van der Waals surface area (Å²) in [7, 11) is 0. The van der Waals surface area contributed by atoms with E-state index in [1.807, 2.05) is 42.5 Å². The summed E-state index contributed by atoms with van der Waals surface area (Å²) in [4.78, 5) is 9.20. The van der Waals surface area contributed by atoms with Gasteiger partial charge in [0.1, 0.15) is 10.2 Å². The van der Waals surface area contributed by atoms with Crippen molar-refractivity contribution < 1.29 is 9.50 Å². The number of hydrogen-bond donors (Lipinski definition) is 2. The SMILES string of the molecule is NC(I)(c1cccc(-c2ccc3cnn(-c4cccc(CF)n4)c3c2)n1)C1CC(O)C1. The molecule has 1 atom stereocenters. The smallest absolute Gasteiger partial charge is 0.154 e. The van der Waals surface area contributed by atoms with Crippen LogP contribution in [0.1, 0.15) is 24.2 Å². The average molecular weight is 529 g/mol. The largest absolute Gasteiger partial charge is 0.393 e. The van der Waals surface area contributed by atoms with Crippen LogP contribution in [0.2, 0.25) is 0 Å². The van der Waals surface area contributed by atoms with Crippen molar-refractivity contribution in [2.45, 2.75) is 29.2 Å². The molecular weight excluding hydrogens is 508 g/mol. The number of alkyl halides is 2. The second kappa shape index (κ2) is 7.92. The third-order valence-corrected chi connectivity index (χ3v) is 7.30. The Morgan fingerprint density at radius 1 is 1.13 bits per heavy atom. The zero-order valence-corrected chi connectivity index (χ0v) is 18.8. The summed E-state index contributed by atoms with van der Waals surface area (Å²) >= 11 is 2.25. The first kappa shape index (κ1) is 20.5. The fourth-order valence-electron chi connectivity index (χ4n) is 3.97. The van der Waals surface area contributed by atoms with Gasteiger partial charge in [0.2, 0.25) is 0 Å². The molecule has 3 N–H and O–H groups in total. The summed E-state index contributed by atoms with van der Waals surface area (Å²) in [5, 5.41) is 15.1. The monoisotopic (exact) mass is 529 g/mol. The van der Waals surface area contributed by atoms with E-state index in [0.29, 0.717) is 24.4 Å². The van der Waals surface area contributed by atoms with Crippen molar-refractivity contribution in [3.8, 4) is 17.1 Å². The number of nitrogens with zero attached hydrogens (tertiary/aromatic N) is 4. The molecule has 0 amide bonds. The normalized spacial score (nSPS) is 20.4. The Morgan fingerprint density at radius 3 is 2.71 bits per heavy atom. The van der Waals surface area contributed by atoms with Crippen LogP contribution in [0.3, 0.4) is 0 Å². The predicted molar refractivity (Wildman–Crippen MR) is 126 cm³/mol. The molecule has 3 aromatic heterocycles. The highest BCUT2D eigenvalue weighted by Gasteiger charge is 2.43.